The molecule has 8 nitrogen and oxygen atoms in total. The molecule has 2 aromatic carbocycles. The molecule has 0 fully saturated rings. The molecule has 1 atom stereocenters. The number of aromatic nitrogens is 1. The van der Waals surface area contributed by atoms with Crippen molar-refractivity contribution in [2.45, 2.75) is 33.7 Å². The van der Waals surface area contributed by atoms with E-state index < -0.39 is 12.0 Å². The molecule has 0 unspecified atom stereocenters. The number of hydrogen-bond donors (Lipinski definition) is 0. The highest BCUT2D eigenvalue weighted by molar-refractivity contribution is 7.07. The Kier molecular flexibility index (Phi) is 8.46. The molecule has 0 radical (unpaired) electrons. The van der Waals surface area contributed by atoms with Gasteiger partial charge in [0.25, 0.3) is 5.56 Å². The fraction of sp³-hybridized carbons (Fsp3) is 0.258. The minimum Gasteiger partial charge on any atom is -0.490 e. The zero-order chi connectivity index (χ0) is 29.1. The molecule has 0 N–H and O–H groups in total. The first-order valence-electron chi connectivity index (χ1n) is 13.3. The van der Waals surface area contributed by atoms with Crippen molar-refractivity contribution < 1.29 is 23.4 Å². The van der Waals surface area contributed by atoms with Gasteiger partial charge in [-0.3, -0.25) is 9.36 Å². The predicted octanol–water partition coefficient (Wildman–Crippen LogP) is 5.51. The summed E-state index contributed by atoms with van der Waals surface area (Å²) in [6, 6.07) is 15.6. The quantitative estimate of drug-likeness (QED) is 0.238. The third kappa shape index (κ3) is 5.73. The van der Waals surface area contributed by atoms with Crippen LogP contribution in [0.4, 0.5) is 0 Å². The first kappa shape index (κ1) is 28.4. The Balaban J connectivity index is 1.65. The van der Waals surface area contributed by atoms with Crippen LogP contribution >= 0.6 is 22.9 Å². The number of benzene rings is 2. The molecule has 2 aromatic heterocycles. The number of allylic oxidation sites excluding steroid dienone is 1. The maximum atomic E-state index is 13.9. The Labute approximate surface area is 245 Å². The van der Waals surface area contributed by atoms with Crippen molar-refractivity contribution in [2.24, 2.45) is 4.99 Å². The summed E-state index contributed by atoms with van der Waals surface area (Å²) in [6.07, 6.45) is 1.68. The van der Waals surface area contributed by atoms with Crippen molar-refractivity contribution in [3.8, 4) is 22.8 Å². The average Bonchev–Trinajstić information content (AvgIpc) is 3.53. The van der Waals surface area contributed by atoms with Crippen molar-refractivity contribution >= 4 is 35.0 Å². The molecule has 1 aliphatic rings. The zero-order valence-electron chi connectivity index (χ0n) is 23.1. The molecule has 5 rings (SSSR count). The lowest BCUT2D eigenvalue weighted by Crippen LogP contribution is -2.40. The lowest BCUT2D eigenvalue weighted by atomic mass is 9.95. The largest absolute Gasteiger partial charge is 0.490 e. The maximum absolute atomic E-state index is 13.9. The first-order valence-corrected chi connectivity index (χ1v) is 14.5. The van der Waals surface area contributed by atoms with Crippen LogP contribution in [0.3, 0.4) is 0 Å². The summed E-state index contributed by atoms with van der Waals surface area (Å²) in [5.41, 5.74) is 1.96. The van der Waals surface area contributed by atoms with E-state index in [4.69, 9.17) is 30.2 Å². The van der Waals surface area contributed by atoms with Crippen molar-refractivity contribution in [3.05, 3.63) is 102 Å². The fourth-order valence-corrected chi connectivity index (χ4v) is 5.92. The molecule has 0 spiro atoms. The third-order valence-corrected chi connectivity index (χ3v) is 7.63. The number of halogens is 1. The molecule has 0 amide bonds. The minimum absolute atomic E-state index is 0.188. The smallest absolute Gasteiger partial charge is 0.338 e. The van der Waals surface area contributed by atoms with Crippen LogP contribution in [-0.2, 0) is 9.53 Å². The van der Waals surface area contributed by atoms with E-state index in [1.165, 1.54) is 15.9 Å². The van der Waals surface area contributed by atoms with E-state index in [1.54, 1.807) is 44.2 Å². The van der Waals surface area contributed by atoms with Crippen LogP contribution < -0.4 is 24.4 Å². The number of carbonyl (C=O) groups excluding carboxylic acids is 1. The first-order chi connectivity index (χ1) is 19.8. The highest BCUT2D eigenvalue weighted by Crippen LogP contribution is 2.36. The van der Waals surface area contributed by atoms with E-state index in [-0.39, 0.29) is 12.2 Å². The Bertz CT molecular complexity index is 1820. The number of furan rings is 1. The summed E-state index contributed by atoms with van der Waals surface area (Å²) in [5.74, 6) is 1.70. The second-order valence-electron chi connectivity index (χ2n) is 9.09. The second-order valence-corrected chi connectivity index (χ2v) is 10.5. The van der Waals surface area contributed by atoms with Gasteiger partial charge in [-0.05, 0) is 69.7 Å². The third-order valence-electron chi connectivity index (χ3n) is 6.41. The lowest BCUT2D eigenvalue weighted by molar-refractivity contribution is -0.139. The van der Waals surface area contributed by atoms with Crippen LogP contribution in [-0.4, -0.2) is 30.4 Å². The zero-order valence-corrected chi connectivity index (χ0v) is 24.7. The van der Waals surface area contributed by atoms with E-state index in [9.17, 15) is 9.59 Å². The summed E-state index contributed by atoms with van der Waals surface area (Å²) < 4.78 is 24.9. The molecule has 0 bridgehead atoms. The van der Waals surface area contributed by atoms with Crippen LogP contribution in [0.25, 0.3) is 17.4 Å². The molecule has 4 aromatic rings. The Morgan fingerprint density at radius 2 is 1.83 bits per heavy atom. The van der Waals surface area contributed by atoms with Crippen LogP contribution in [0.2, 0.25) is 5.02 Å². The monoisotopic (exact) mass is 592 g/mol. The SMILES string of the molecule is CCOC(=O)C1=C(C)N=c2s/c(=C\c3ccc(-c4cccc(Cl)c4)o3)c(=O)n2[C@H]1c1ccc(OCC)c(OCC)c1. The topological polar surface area (TPSA) is 92.3 Å². The molecular formula is C31H29ClN2O6S. The molecule has 0 saturated heterocycles. The van der Waals surface area contributed by atoms with Gasteiger partial charge >= 0.3 is 5.97 Å². The highest BCUT2D eigenvalue weighted by Gasteiger charge is 2.34. The van der Waals surface area contributed by atoms with E-state index >= 15 is 0 Å². The molecule has 0 aliphatic carbocycles. The van der Waals surface area contributed by atoms with Crippen molar-refractivity contribution in [2.75, 3.05) is 19.8 Å². The number of esters is 1. The van der Waals surface area contributed by atoms with Crippen molar-refractivity contribution in [3.63, 3.8) is 0 Å². The van der Waals surface area contributed by atoms with Crippen LogP contribution in [0, 0.1) is 0 Å². The summed E-state index contributed by atoms with van der Waals surface area (Å²) in [4.78, 5) is 32.2. The predicted molar refractivity (Wildman–Crippen MR) is 158 cm³/mol. The van der Waals surface area contributed by atoms with Crippen LogP contribution in [0.1, 0.15) is 45.1 Å². The van der Waals surface area contributed by atoms with E-state index in [0.29, 0.717) is 67.4 Å². The maximum Gasteiger partial charge on any atom is 0.338 e. The van der Waals surface area contributed by atoms with Crippen LogP contribution in [0.5, 0.6) is 11.5 Å². The van der Waals surface area contributed by atoms with Gasteiger partial charge < -0.3 is 18.6 Å². The van der Waals surface area contributed by atoms with Gasteiger partial charge in [-0.25, -0.2) is 9.79 Å². The molecule has 0 saturated carbocycles. The van der Waals surface area contributed by atoms with Gasteiger partial charge in [0.2, 0.25) is 0 Å². The number of ether oxygens (including phenoxy) is 3. The van der Waals surface area contributed by atoms with Gasteiger partial charge in [-0.1, -0.05) is 41.1 Å². The summed E-state index contributed by atoms with van der Waals surface area (Å²) >= 11 is 7.36. The van der Waals surface area contributed by atoms with Crippen molar-refractivity contribution in [1.29, 1.82) is 0 Å². The second kappa shape index (κ2) is 12.2. The van der Waals surface area contributed by atoms with Crippen LogP contribution in [0.15, 0.2) is 80.1 Å². The normalized spacial score (nSPS) is 15.0. The minimum atomic E-state index is -0.777. The van der Waals surface area contributed by atoms with Gasteiger partial charge in [-0.15, -0.1) is 0 Å². The lowest BCUT2D eigenvalue weighted by Gasteiger charge is -2.25. The number of thiazole rings is 1. The van der Waals surface area contributed by atoms with E-state index in [2.05, 4.69) is 4.99 Å². The van der Waals surface area contributed by atoms with Gasteiger partial charge in [-0.2, -0.15) is 0 Å². The fourth-order valence-electron chi connectivity index (χ4n) is 4.70. The molecule has 10 heteroatoms. The Morgan fingerprint density at radius 3 is 2.56 bits per heavy atom. The molecule has 3 heterocycles. The van der Waals surface area contributed by atoms with E-state index in [1.807, 2.05) is 44.2 Å². The molecular weight excluding hydrogens is 564 g/mol. The number of carbonyl (C=O) groups is 1. The molecule has 41 heavy (non-hydrogen) atoms. The highest BCUT2D eigenvalue weighted by atomic mass is 35.5. The number of hydrogen-bond acceptors (Lipinski definition) is 8. The average molecular weight is 593 g/mol. The van der Waals surface area contributed by atoms with E-state index in [0.717, 1.165) is 5.56 Å². The number of fused-ring (bicyclic) bond motifs is 1. The number of rotatable bonds is 9. The van der Waals surface area contributed by atoms with Gasteiger partial charge in [0.15, 0.2) is 16.3 Å². The summed E-state index contributed by atoms with van der Waals surface area (Å²) in [5, 5.41) is 0.600. The summed E-state index contributed by atoms with van der Waals surface area (Å²) in [7, 11) is 0. The van der Waals surface area contributed by atoms with Crippen molar-refractivity contribution in [1.82, 2.24) is 4.57 Å². The van der Waals surface area contributed by atoms with Gasteiger partial charge in [0.05, 0.1) is 41.7 Å². The molecule has 1 aliphatic heterocycles. The number of nitrogens with zero attached hydrogens (tertiary/aromatic N) is 2. The Hall–Kier alpha value is -4.08. The van der Waals surface area contributed by atoms with Gasteiger partial charge in [0, 0.05) is 16.7 Å². The standard InChI is InChI=1S/C31H29ClN2O6S/c1-5-37-24-13-11-20(16-25(24)38-6-2)28-27(30(36)39-7-3)18(4)33-31-34(28)29(35)26(41-31)17-22-12-14-23(40-22)19-9-8-10-21(32)15-19/h8-17,28H,5-7H2,1-4H3/b26-17-/t28-/m0/s1. The Morgan fingerprint density at radius 1 is 1.05 bits per heavy atom. The van der Waals surface area contributed by atoms with Gasteiger partial charge in [0.1, 0.15) is 11.5 Å². The summed E-state index contributed by atoms with van der Waals surface area (Å²) in [6.45, 7) is 8.34. The molecule has 212 valence electrons.